The quantitative estimate of drug-likeness (QED) is 0.391. The smallest absolute Gasteiger partial charge is 0.220 e. The van der Waals surface area contributed by atoms with Gasteiger partial charge >= 0.3 is 0 Å². The number of guanidine groups is 1. The first kappa shape index (κ1) is 18.0. The van der Waals surface area contributed by atoms with Crippen molar-refractivity contribution in [2.24, 2.45) is 4.99 Å². The number of nitrogens with zero attached hydrogens (tertiary/aromatic N) is 1. The number of hydrogen-bond donors (Lipinski definition) is 3. The molecule has 1 aliphatic carbocycles. The van der Waals surface area contributed by atoms with E-state index in [-0.39, 0.29) is 35.9 Å². The minimum absolute atomic E-state index is 0. The molecule has 6 heteroatoms. The lowest BCUT2D eigenvalue weighted by Gasteiger charge is -2.25. The molecule has 2 fully saturated rings. The second-order valence-electron chi connectivity index (χ2n) is 6.01. The molecule has 0 bridgehead atoms. The van der Waals surface area contributed by atoms with Crippen molar-refractivity contribution in [2.45, 2.75) is 44.2 Å². The van der Waals surface area contributed by atoms with E-state index < -0.39 is 0 Å². The molecule has 2 aliphatic rings. The molecule has 1 aromatic carbocycles. The van der Waals surface area contributed by atoms with Crippen LogP contribution in [0.2, 0.25) is 0 Å². The zero-order valence-electron chi connectivity index (χ0n) is 13.4. The molecule has 1 saturated carbocycles. The third-order valence-corrected chi connectivity index (χ3v) is 4.26. The van der Waals surface area contributed by atoms with Crippen LogP contribution in [0, 0.1) is 0 Å². The maximum absolute atomic E-state index is 11.2. The van der Waals surface area contributed by atoms with Crippen molar-refractivity contribution in [3.8, 4) is 0 Å². The highest BCUT2D eigenvalue weighted by atomic mass is 127. The Morgan fingerprint density at radius 1 is 1.30 bits per heavy atom. The standard InChI is InChI=1S/C17H24N4O.HI/c1-2-18-17(20-13-8-9-16(22)19-11-13)21-15-10-14(15)12-6-4-3-5-7-12;/h3-7,13-15H,2,8-11H2,1H3,(H,19,22)(H2,18,20,21);1H. The summed E-state index contributed by atoms with van der Waals surface area (Å²) in [5, 5.41) is 9.87. The summed E-state index contributed by atoms with van der Waals surface area (Å²) in [6, 6.07) is 11.3. The number of hydrogen-bond acceptors (Lipinski definition) is 2. The summed E-state index contributed by atoms with van der Waals surface area (Å²) < 4.78 is 0. The minimum Gasteiger partial charge on any atom is -0.354 e. The topological polar surface area (TPSA) is 65.5 Å². The van der Waals surface area contributed by atoms with Gasteiger partial charge < -0.3 is 16.0 Å². The second kappa shape index (κ2) is 8.52. The average Bonchev–Trinajstić information content (AvgIpc) is 3.30. The van der Waals surface area contributed by atoms with Gasteiger partial charge in [-0.15, -0.1) is 24.0 Å². The number of aliphatic imine (C=N–C) groups is 1. The summed E-state index contributed by atoms with van der Waals surface area (Å²) in [5.74, 6) is 1.59. The van der Waals surface area contributed by atoms with Gasteiger partial charge in [0.25, 0.3) is 0 Å². The molecule has 126 valence electrons. The Labute approximate surface area is 154 Å². The third-order valence-electron chi connectivity index (χ3n) is 4.26. The van der Waals surface area contributed by atoms with E-state index in [1.807, 2.05) is 6.92 Å². The first-order chi connectivity index (χ1) is 10.8. The van der Waals surface area contributed by atoms with Crippen molar-refractivity contribution < 1.29 is 4.79 Å². The Hall–Kier alpha value is -1.31. The van der Waals surface area contributed by atoms with Crippen LogP contribution in [-0.2, 0) is 4.79 Å². The van der Waals surface area contributed by atoms with Gasteiger partial charge in [-0.1, -0.05) is 30.3 Å². The molecule has 3 N–H and O–H groups in total. The molecular weight excluding hydrogens is 403 g/mol. The Bertz CT molecular complexity index is 539. The highest BCUT2D eigenvalue weighted by Crippen LogP contribution is 2.40. The van der Waals surface area contributed by atoms with Crippen LogP contribution in [0.15, 0.2) is 35.3 Å². The summed E-state index contributed by atoms with van der Waals surface area (Å²) in [7, 11) is 0. The van der Waals surface area contributed by atoms with Crippen LogP contribution in [0.5, 0.6) is 0 Å². The number of carbonyl (C=O) groups excluding carboxylic acids is 1. The van der Waals surface area contributed by atoms with Gasteiger partial charge in [-0.25, -0.2) is 0 Å². The van der Waals surface area contributed by atoms with Crippen molar-refractivity contribution in [2.75, 3.05) is 13.1 Å². The number of rotatable bonds is 4. The molecule has 1 saturated heterocycles. The van der Waals surface area contributed by atoms with Crippen LogP contribution in [0.1, 0.15) is 37.7 Å². The predicted octanol–water partition coefficient (Wildman–Crippen LogP) is 1.99. The molecule has 1 amide bonds. The highest BCUT2D eigenvalue weighted by Gasteiger charge is 2.39. The number of halogens is 1. The lowest BCUT2D eigenvalue weighted by molar-refractivity contribution is -0.122. The number of piperidine rings is 1. The molecule has 0 radical (unpaired) electrons. The van der Waals surface area contributed by atoms with Crippen LogP contribution in [0.25, 0.3) is 0 Å². The van der Waals surface area contributed by atoms with Gasteiger partial charge in [0.2, 0.25) is 5.91 Å². The second-order valence-corrected chi connectivity index (χ2v) is 6.01. The molecule has 0 aromatic heterocycles. The Kier molecular flexibility index (Phi) is 6.68. The zero-order valence-corrected chi connectivity index (χ0v) is 15.7. The molecule has 23 heavy (non-hydrogen) atoms. The fourth-order valence-electron chi connectivity index (χ4n) is 2.94. The number of nitrogens with one attached hydrogen (secondary N) is 3. The highest BCUT2D eigenvalue weighted by molar-refractivity contribution is 14.0. The fourth-order valence-corrected chi connectivity index (χ4v) is 2.94. The molecule has 3 atom stereocenters. The first-order valence-electron chi connectivity index (χ1n) is 8.15. The molecule has 1 aromatic rings. The SMILES string of the molecule is CCN=C(NC1CCC(=O)NC1)NC1CC1c1ccccc1.I. The van der Waals surface area contributed by atoms with Gasteiger partial charge in [0, 0.05) is 37.5 Å². The number of benzene rings is 1. The van der Waals surface area contributed by atoms with Crippen molar-refractivity contribution in [3.05, 3.63) is 35.9 Å². The van der Waals surface area contributed by atoms with E-state index in [2.05, 4.69) is 51.3 Å². The van der Waals surface area contributed by atoms with Crippen LogP contribution in [-0.4, -0.2) is 37.0 Å². The van der Waals surface area contributed by atoms with E-state index in [4.69, 9.17) is 0 Å². The van der Waals surface area contributed by atoms with Crippen LogP contribution >= 0.6 is 24.0 Å². The summed E-state index contributed by atoms with van der Waals surface area (Å²) in [4.78, 5) is 15.8. The largest absolute Gasteiger partial charge is 0.354 e. The average molecular weight is 428 g/mol. The van der Waals surface area contributed by atoms with E-state index in [1.165, 1.54) is 5.56 Å². The van der Waals surface area contributed by atoms with E-state index in [0.717, 1.165) is 25.3 Å². The summed E-state index contributed by atoms with van der Waals surface area (Å²) in [6.45, 7) is 3.46. The summed E-state index contributed by atoms with van der Waals surface area (Å²) in [6.07, 6.45) is 2.60. The summed E-state index contributed by atoms with van der Waals surface area (Å²) in [5.41, 5.74) is 1.39. The third kappa shape index (κ3) is 5.09. The van der Waals surface area contributed by atoms with Crippen molar-refractivity contribution in [1.29, 1.82) is 0 Å². The van der Waals surface area contributed by atoms with Crippen LogP contribution in [0.4, 0.5) is 0 Å². The molecule has 0 spiro atoms. The molecule has 3 rings (SSSR count). The molecular formula is C17H25IN4O. The predicted molar refractivity (Wildman–Crippen MR) is 103 cm³/mol. The molecule has 1 heterocycles. The van der Waals surface area contributed by atoms with Crippen molar-refractivity contribution in [3.63, 3.8) is 0 Å². The molecule has 1 aliphatic heterocycles. The van der Waals surface area contributed by atoms with Crippen molar-refractivity contribution in [1.82, 2.24) is 16.0 Å². The molecule has 5 nitrogen and oxygen atoms in total. The maximum Gasteiger partial charge on any atom is 0.220 e. The fraction of sp³-hybridized carbons (Fsp3) is 0.529. The van der Waals surface area contributed by atoms with Gasteiger partial charge in [-0.3, -0.25) is 9.79 Å². The Morgan fingerprint density at radius 2 is 2.09 bits per heavy atom. The van der Waals surface area contributed by atoms with E-state index in [9.17, 15) is 4.79 Å². The van der Waals surface area contributed by atoms with Gasteiger partial charge in [0.1, 0.15) is 0 Å². The number of amides is 1. The van der Waals surface area contributed by atoms with E-state index in [0.29, 0.717) is 24.9 Å². The number of carbonyl (C=O) groups is 1. The Morgan fingerprint density at radius 3 is 2.74 bits per heavy atom. The van der Waals surface area contributed by atoms with Gasteiger partial charge in [0.15, 0.2) is 5.96 Å². The van der Waals surface area contributed by atoms with E-state index >= 15 is 0 Å². The Balaban J connectivity index is 0.00000192. The van der Waals surface area contributed by atoms with Crippen LogP contribution < -0.4 is 16.0 Å². The lowest BCUT2D eigenvalue weighted by Crippen LogP contribution is -2.51. The van der Waals surface area contributed by atoms with Gasteiger partial charge in [0.05, 0.1) is 0 Å². The van der Waals surface area contributed by atoms with Gasteiger partial charge in [-0.2, -0.15) is 0 Å². The monoisotopic (exact) mass is 428 g/mol. The first-order valence-corrected chi connectivity index (χ1v) is 8.15. The van der Waals surface area contributed by atoms with Gasteiger partial charge in [-0.05, 0) is 25.3 Å². The lowest BCUT2D eigenvalue weighted by atomic mass is 10.1. The van der Waals surface area contributed by atoms with E-state index in [1.54, 1.807) is 0 Å². The minimum atomic E-state index is 0. The summed E-state index contributed by atoms with van der Waals surface area (Å²) >= 11 is 0. The normalized spacial score (nSPS) is 26.7. The zero-order chi connectivity index (χ0) is 15.4. The van der Waals surface area contributed by atoms with Crippen molar-refractivity contribution >= 4 is 35.8 Å². The maximum atomic E-state index is 11.2. The van der Waals surface area contributed by atoms with Crippen LogP contribution in [0.3, 0.4) is 0 Å². The molecule has 3 unspecified atom stereocenters.